The van der Waals surface area contributed by atoms with E-state index >= 15 is 0 Å². The van der Waals surface area contributed by atoms with Crippen molar-refractivity contribution < 1.29 is 8.78 Å². The summed E-state index contributed by atoms with van der Waals surface area (Å²) in [5, 5.41) is 3.01. The second kappa shape index (κ2) is 5.61. The van der Waals surface area contributed by atoms with Crippen molar-refractivity contribution in [2.24, 2.45) is 0 Å². The second-order valence-electron chi connectivity index (χ2n) is 3.39. The van der Waals surface area contributed by atoms with E-state index in [0.717, 1.165) is 24.6 Å². The average Bonchev–Trinajstić information content (AvgIpc) is 2.15. The maximum atomic E-state index is 12.9. The van der Waals surface area contributed by atoms with Gasteiger partial charge in [0, 0.05) is 12.6 Å². The normalized spacial score (nSPS) is 11.9. The van der Waals surface area contributed by atoms with Gasteiger partial charge in [-0.25, -0.2) is 8.78 Å². The number of rotatable bonds is 4. The van der Waals surface area contributed by atoms with Gasteiger partial charge in [0.2, 0.25) is 0 Å². The maximum Gasteiger partial charge on any atom is 0.126 e. The summed E-state index contributed by atoms with van der Waals surface area (Å²) in [5.41, 5.74) is 1.68. The highest BCUT2D eigenvalue weighted by atomic mass is 19.1. The smallest absolute Gasteiger partial charge is 0.126 e. The van der Waals surface area contributed by atoms with E-state index in [2.05, 4.69) is 5.32 Å². The molecule has 82 valence electrons. The van der Waals surface area contributed by atoms with E-state index in [0.29, 0.717) is 5.56 Å². The number of hydrogen-bond donors (Lipinski definition) is 1. The van der Waals surface area contributed by atoms with Crippen molar-refractivity contribution in [1.29, 1.82) is 0 Å². The molecule has 3 heteroatoms. The van der Waals surface area contributed by atoms with Gasteiger partial charge in [0.25, 0.3) is 0 Å². The number of benzene rings is 1. The van der Waals surface area contributed by atoms with Crippen LogP contribution in [-0.2, 0) is 0 Å². The van der Waals surface area contributed by atoms with Crippen molar-refractivity contribution in [3.63, 3.8) is 0 Å². The summed E-state index contributed by atoms with van der Waals surface area (Å²) in [6, 6.07) is 3.53. The largest absolute Gasteiger partial charge is 0.316 e. The van der Waals surface area contributed by atoms with Crippen molar-refractivity contribution in [2.75, 3.05) is 13.6 Å². The Balaban J connectivity index is 2.94. The lowest BCUT2D eigenvalue weighted by Gasteiger charge is -2.04. The summed E-state index contributed by atoms with van der Waals surface area (Å²) in [6.07, 6.45) is 2.67. The molecule has 0 aliphatic rings. The van der Waals surface area contributed by atoms with Gasteiger partial charge in [0.15, 0.2) is 0 Å². The Morgan fingerprint density at radius 1 is 1.27 bits per heavy atom. The zero-order valence-corrected chi connectivity index (χ0v) is 8.98. The SMILES string of the molecule is CC/C(=C/c1cc(F)cc(F)c1)CNC. The standard InChI is InChI=1S/C12H15F2N/c1-3-9(8-15-2)4-10-5-11(13)7-12(14)6-10/h4-7,15H,3,8H2,1-2H3/b9-4-. The van der Waals surface area contributed by atoms with Crippen LogP contribution in [0, 0.1) is 11.6 Å². The first-order valence-electron chi connectivity index (χ1n) is 4.96. The van der Waals surface area contributed by atoms with Gasteiger partial charge in [-0.1, -0.05) is 18.6 Å². The zero-order valence-electron chi connectivity index (χ0n) is 8.98. The number of hydrogen-bond acceptors (Lipinski definition) is 1. The predicted octanol–water partition coefficient (Wildman–Crippen LogP) is 2.98. The minimum absolute atomic E-state index is 0.541. The molecule has 1 rings (SSSR count). The second-order valence-corrected chi connectivity index (χ2v) is 3.39. The fourth-order valence-electron chi connectivity index (χ4n) is 1.40. The lowest BCUT2D eigenvalue weighted by atomic mass is 10.1. The molecule has 1 aromatic rings. The number of halogens is 2. The van der Waals surface area contributed by atoms with E-state index in [1.807, 2.05) is 20.0 Å². The first-order valence-corrected chi connectivity index (χ1v) is 4.96. The summed E-state index contributed by atoms with van der Waals surface area (Å²) in [6.45, 7) is 2.74. The molecule has 0 aromatic heterocycles. The molecule has 0 bridgehead atoms. The molecule has 0 atom stereocenters. The molecule has 0 aliphatic carbocycles. The first kappa shape index (κ1) is 11.9. The minimum atomic E-state index is -0.541. The molecular weight excluding hydrogens is 196 g/mol. The van der Waals surface area contributed by atoms with Crippen LogP contribution in [0.4, 0.5) is 8.78 Å². The predicted molar refractivity (Wildman–Crippen MR) is 58.6 cm³/mol. The lowest BCUT2D eigenvalue weighted by Crippen LogP contribution is -2.09. The summed E-state index contributed by atoms with van der Waals surface area (Å²) in [4.78, 5) is 0. The van der Waals surface area contributed by atoms with Gasteiger partial charge in [0.1, 0.15) is 11.6 Å². The molecule has 0 fully saturated rings. The molecule has 0 unspecified atom stereocenters. The summed E-state index contributed by atoms with van der Waals surface area (Å²) in [7, 11) is 1.84. The zero-order chi connectivity index (χ0) is 11.3. The molecule has 0 aliphatic heterocycles. The molecular formula is C12H15F2N. The number of likely N-dealkylation sites (N-methyl/N-ethyl adjacent to an activating group) is 1. The highest BCUT2D eigenvalue weighted by Crippen LogP contribution is 2.13. The molecule has 1 nitrogen and oxygen atoms in total. The van der Waals surface area contributed by atoms with Crippen molar-refractivity contribution in [3.8, 4) is 0 Å². The third kappa shape index (κ3) is 3.80. The van der Waals surface area contributed by atoms with Crippen molar-refractivity contribution in [2.45, 2.75) is 13.3 Å². The van der Waals surface area contributed by atoms with Crippen LogP contribution in [0.1, 0.15) is 18.9 Å². The van der Waals surface area contributed by atoms with Gasteiger partial charge in [0.05, 0.1) is 0 Å². The molecule has 0 radical (unpaired) electrons. The quantitative estimate of drug-likeness (QED) is 0.807. The topological polar surface area (TPSA) is 12.0 Å². The third-order valence-electron chi connectivity index (χ3n) is 2.11. The minimum Gasteiger partial charge on any atom is -0.316 e. The van der Waals surface area contributed by atoms with Crippen LogP contribution in [0.25, 0.3) is 6.08 Å². The van der Waals surface area contributed by atoms with Crippen molar-refractivity contribution >= 4 is 6.08 Å². The van der Waals surface area contributed by atoms with Crippen LogP contribution in [0.15, 0.2) is 23.8 Å². The maximum absolute atomic E-state index is 12.9. The van der Waals surface area contributed by atoms with Crippen LogP contribution in [0.3, 0.4) is 0 Å². The molecule has 1 aromatic carbocycles. The van der Waals surface area contributed by atoms with Crippen molar-refractivity contribution in [1.82, 2.24) is 5.32 Å². The van der Waals surface area contributed by atoms with E-state index < -0.39 is 11.6 Å². The Labute approximate surface area is 88.8 Å². The molecule has 0 saturated heterocycles. The Morgan fingerprint density at radius 3 is 2.33 bits per heavy atom. The molecule has 0 amide bonds. The lowest BCUT2D eigenvalue weighted by molar-refractivity contribution is 0.583. The summed E-state index contributed by atoms with van der Waals surface area (Å²) < 4.78 is 25.8. The van der Waals surface area contributed by atoms with E-state index in [1.54, 1.807) is 0 Å². The molecule has 0 heterocycles. The van der Waals surface area contributed by atoms with Crippen LogP contribution in [-0.4, -0.2) is 13.6 Å². The molecule has 0 saturated carbocycles. The molecule has 0 spiro atoms. The summed E-state index contributed by atoms with van der Waals surface area (Å²) in [5.74, 6) is -1.08. The van der Waals surface area contributed by atoms with Gasteiger partial charge in [-0.05, 0) is 31.2 Å². The highest BCUT2D eigenvalue weighted by molar-refractivity contribution is 5.53. The Bertz CT molecular complexity index is 338. The van der Waals surface area contributed by atoms with Crippen LogP contribution in [0.5, 0.6) is 0 Å². The van der Waals surface area contributed by atoms with Gasteiger partial charge in [-0.2, -0.15) is 0 Å². The highest BCUT2D eigenvalue weighted by Gasteiger charge is 1.99. The van der Waals surface area contributed by atoms with Gasteiger partial charge < -0.3 is 5.32 Å². The average molecular weight is 211 g/mol. The van der Waals surface area contributed by atoms with Crippen LogP contribution < -0.4 is 5.32 Å². The van der Waals surface area contributed by atoms with E-state index in [4.69, 9.17) is 0 Å². The monoisotopic (exact) mass is 211 g/mol. The third-order valence-corrected chi connectivity index (χ3v) is 2.11. The van der Waals surface area contributed by atoms with Gasteiger partial charge in [-0.15, -0.1) is 0 Å². The van der Waals surface area contributed by atoms with Gasteiger partial charge in [-0.3, -0.25) is 0 Å². The Morgan fingerprint density at radius 2 is 1.87 bits per heavy atom. The Hall–Kier alpha value is -1.22. The first-order chi connectivity index (χ1) is 7.15. The van der Waals surface area contributed by atoms with Crippen LogP contribution >= 0.6 is 0 Å². The Kier molecular flexibility index (Phi) is 4.43. The molecule has 15 heavy (non-hydrogen) atoms. The van der Waals surface area contributed by atoms with Gasteiger partial charge >= 0.3 is 0 Å². The van der Waals surface area contributed by atoms with Crippen molar-refractivity contribution in [3.05, 3.63) is 41.0 Å². The molecule has 1 N–H and O–H groups in total. The fraction of sp³-hybridized carbons (Fsp3) is 0.333. The number of nitrogens with one attached hydrogen (secondary N) is 1. The fourth-order valence-corrected chi connectivity index (χ4v) is 1.40. The van der Waals surface area contributed by atoms with E-state index in [-0.39, 0.29) is 0 Å². The van der Waals surface area contributed by atoms with E-state index in [1.165, 1.54) is 12.1 Å². The summed E-state index contributed by atoms with van der Waals surface area (Å²) >= 11 is 0. The van der Waals surface area contributed by atoms with E-state index in [9.17, 15) is 8.78 Å². The van der Waals surface area contributed by atoms with Crippen LogP contribution in [0.2, 0.25) is 0 Å².